The number of anilines is 1. The minimum absolute atomic E-state index is 0.0139. The third-order valence-corrected chi connectivity index (χ3v) is 4.38. The first-order chi connectivity index (χ1) is 11.6. The Morgan fingerprint density at radius 3 is 2.88 bits per heavy atom. The highest BCUT2D eigenvalue weighted by Crippen LogP contribution is 2.31. The topological polar surface area (TPSA) is 104 Å². The molecular formula is C16H14N4O3S. The van der Waals surface area contributed by atoms with Gasteiger partial charge in [-0.3, -0.25) is 15.1 Å². The maximum Gasteiger partial charge on any atom is 0.276 e. The summed E-state index contributed by atoms with van der Waals surface area (Å²) in [4.78, 5) is 19.4. The van der Waals surface area contributed by atoms with Crippen LogP contribution in [0, 0.1) is 10.1 Å². The lowest BCUT2D eigenvalue weighted by molar-refractivity contribution is -0.385. The fraction of sp³-hybridized carbons (Fsp3) is 0.125. The number of hydrogen-bond acceptors (Lipinski definition) is 7. The number of nitrogen functional groups attached to an aromatic ring is 1. The molecule has 0 atom stereocenters. The minimum atomic E-state index is -0.413. The lowest BCUT2D eigenvalue weighted by atomic mass is 10.0. The molecule has 0 saturated carbocycles. The van der Waals surface area contributed by atoms with E-state index in [1.54, 1.807) is 23.7 Å². The summed E-state index contributed by atoms with van der Waals surface area (Å²) in [6.07, 6.45) is 1.94. The monoisotopic (exact) mass is 342 g/mol. The van der Waals surface area contributed by atoms with Crippen molar-refractivity contribution < 1.29 is 9.66 Å². The largest absolute Gasteiger partial charge is 0.496 e. The van der Waals surface area contributed by atoms with Crippen molar-refractivity contribution in [1.82, 2.24) is 9.97 Å². The quantitative estimate of drug-likeness (QED) is 0.563. The molecule has 0 bridgehead atoms. The third kappa shape index (κ3) is 3.18. The number of ether oxygens (including phenoxy) is 1. The van der Waals surface area contributed by atoms with Gasteiger partial charge in [-0.1, -0.05) is 6.07 Å². The van der Waals surface area contributed by atoms with E-state index < -0.39 is 4.92 Å². The molecule has 0 saturated heterocycles. The Kier molecular flexibility index (Phi) is 4.39. The van der Waals surface area contributed by atoms with E-state index in [9.17, 15) is 10.1 Å². The summed E-state index contributed by atoms with van der Waals surface area (Å²) in [5.41, 5.74) is 7.73. The molecule has 1 aromatic carbocycles. The van der Waals surface area contributed by atoms with Gasteiger partial charge in [-0.2, -0.15) is 0 Å². The van der Waals surface area contributed by atoms with Gasteiger partial charge in [0.25, 0.3) is 5.69 Å². The van der Waals surface area contributed by atoms with Crippen LogP contribution >= 0.6 is 11.3 Å². The van der Waals surface area contributed by atoms with Crippen LogP contribution in [0.1, 0.15) is 11.3 Å². The number of hydrogen-bond donors (Lipinski definition) is 1. The first kappa shape index (κ1) is 15.9. The predicted octanol–water partition coefficient (Wildman–Crippen LogP) is 3.29. The second kappa shape index (κ2) is 6.63. The van der Waals surface area contributed by atoms with Crippen LogP contribution in [0.3, 0.4) is 0 Å². The molecule has 0 amide bonds. The Morgan fingerprint density at radius 1 is 1.38 bits per heavy atom. The number of nitro benzene ring substituents is 1. The molecule has 0 spiro atoms. The van der Waals surface area contributed by atoms with E-state index in [4.69, 9.17) is 10.5 Å². The molecule has 7 nitrogen and oxygen atoms in total. The van der Waals surface area contributed by atoms with Crippen LogP contribution in [0.2, 0.25) is 0 Å². The van der Waals surface area contributed by atoms with Crippen LogP contribution in [0.25, 0.3) is 10.6 Å². The van der Waals surface area contributed by atoms with Gasteiger partial charge in [0.15, 0.2) is 0 Å². The summed E-state index contributed by atoms with van der Waals surface area (Å²) in [7, 11) is 1.49. The molecular weight excluding hydrogens is 328 g/mol. The fourth-order valence-electron chi connectivity index (χ4n) is 2.40. The Morgan fingerprint density at radius 2 is 2.21 bits per heavy atom. The first-order valence-electron chi connectivity index (χ1n) is 7.05. The van der Waals surface area contributed by atoms with Gasteiger partial charge in [0.05, 0.1) is 17.6 Å². The van der Waals surface area contributed by atoms with Gasteiger partial charge >= 0.3 is 0 Å². The molecule has 122 valence electrons. The van der Waals surface area contributed by atoms with Gasteiger partial charge in [-0.15, -0.1) is 11.3 Å². The Labute approximate surface area is 141 Å². The molecule has 0 aliphatic heterocycles. The van der Waals surface area contributed by atoms with Gasteiger partial charge in [0, 0.05) is 35.3 Å². The number of benzene rings is 1. The molecule has 0 unspecified atom stereocenters. The van der Waals surface area contributed by atoms with Crippen molar-refractivity contribution in [2.24, 2.45) is 0 Å². The Bertz CT molecular complexity index is 895. The lowest BCUT2D eigenvalue weighted by Crippen LogP contribution is -2.01. The van der Waals surface area contributed by atoms with E-state index in [1.807, 2.05) is 12.1 Å². The van der Waals surface area contributed by atoms with Crippen molar-refractivity contribution in [3.63, 3.8) is 0 Å². The van der Waals surface area contributed by atoms with Crippen LogP contribution < -0.4 is 10.5 Å². The average molecular weight is 342 g/mol. The smallest absolute Gasteiger partial charge is 0.276 e. The second-order valence-corrected chi connectivity index (χ2v) is 5.86. The summed E-state index contributed by atoms with van der Waals surface area (Å²) >= 11 is 1.44. The minimum Gasteiger partial charge on any atom is -0.496 e. The van der Waals surface area contributed by atoms with Crippen LogP contribution in [-0.4, -0.2) is 22.0 Å². The van der Waals surface area contributed by atoms with Crippen LogP contribution in [0.15, 0.2) is 41.9 Å². The number of methoxy groups -OCH3 is 1. The number of nitrogens with zero attached hydrogens (tertiary/aromatic N) is 3. The SMILES string of the molecule is COc1cccc([N+](=O)[O-])c1Cc1cc(-c2nc(N)cs2)ccn1. The van der Waals surface area contributed by atoms with Crippen molar-refractivity contribution in [2.75, 3.05) is 12.8 Å². The zero-order valence-corrected chi connectivity index (χ0v) is 13.6. The number of rotatable bonds is 5. The summed E-state index contributed by atoms with van der Waals surface area (Å²) < 4.78 is 5.27. The Hall–Kier alpha value is -3.00. The predicted molar refractivity (Wildman–Crippen MR) is 92.2 cm³/mol. The van der Waals surface area contributed by atoms with Crippen molar-refractivity contribution >= 4 is 22.8 Å². The summed E-state index contributed by atoms with van der Waals surface area (Å²) in [5.74, 6) is 0.934. The zero-order chi connectivity index (χ0) is 17.1. The third-order valence-electron chi connectivity index (χ3n) is 3.47. The van der Waals surface area contributed by atoms with Crippen molar-refractivity contribution in [2.45, 2.75) is 6.42 Å². The summed E-state index contributed by atoms with van der Waals surface area (Å²) in [6.45, 7) is 0. The van der Waals surface area contributed by atoms with E-state index in [0.717, 1.165) is 10.6 Å². The van der Waals surface area contributed by atoms with Crippen molar-refractivity contribution in [1.29, 1.82) is 0 Å². The van der Waals surface area contributed by atoms with E-state index in [0.29, 0.717) is 22.8 Å². The van der Waals surface area contributed by atoms with Gasteiger partial charge in [-0.25, -0.2) is 4.98 Å². The highest BCUT2D eigenvalue weighted by atomic mass is 32.1. The molecule has 3 rings (SSSR count). The molecule has 2 N–H and O–H groups in total. The molecule has 8 heteroatoms. The van der Waals surface area contributed by atoms with Crippen LogP contribution in [0.5, 0.6) is 5.75 Å². The van der Waals surface area contributed by atoms with Crippen molar-refractivity contribution in [3.05, 3.63) is 63.3 Å². The lowest BCUT2D eigenvalue weighted by Gasteiger charge is -2.09. The number of nitro groups is 1. The summed E-state index contributed by atoms with van der Waals surface area (Å²) in [5, 5.41) is 13.8. The highest BCUT2D eigenvalue weighted by Gasteiger charge is 2.19. The maximum absolute atomic E-state index is 11.3. The van der Waals surface area contributed by atoms with E-state index in [-0.39, 0.29) is 12.1 Å². The van der Waals surface area contributed by atoms with Crippen LogP contribution in [-0.2, 0) is 6.42 Å². The summed E-state index contributed by atoms with van der Waals surface area (Å²) in [6, 6.07) is 8.45. The van der Waals surface area contributed by atoms with E-state index in [2.05, 4.69) is 9.97 Å². The molecule has 0 aliphatic carbocycles. The molecule has 0 radical (unpaired) electrons. The average Bonchev–Trinajstić information content (AvgIpc) is 3.01. The highest BCUT2D eigenvalue weighted by molar-refractivity contribution is 7.13. The van der Waals surface area contributed by atoms with Gasteiger partial charge in [0.1, 0.15) is 16.6 Å². The number of aromatic nitrogens is 2. The molecule has 0 fully saturated rings. The first-order valence-corrected chi connectivity index (χ1v) is 7.93. The second-order valence-electron chi connectivity index (χ2n) is 5.01. The fourth-order valence-corrected chi connectivity index (χ4v) is 3.11. The van der Waals surface area contributed by atoms with Crippen molar-refractivity contribution in [3.8, 4) is 16.3 Å². The normalized spacial score (nSPS) is 10.5. The molecule has 0 aliphatic rings. The van der Waals surface area contributed by atoms with Gasteiger partial charge < -0.3 is 10.5 Å². The standard InChI is InChI=1S/C16H14N4O3S/c1-23-14-4-2-3-13(20(21)22)12(14)8-11-7-10(5-6-18-11)16-19-15(17)9-24-16/h2-7,9H,8,17H2,1H3. The van der Waals surface area contributed by atoms with E-state index >= 15 is 0 Å². The van der Waals surface area contributed by atoms with Gasteiger partial charge in [0.2, 0.25) is 0 Å². The molecule has 2 aromatic heterocycles. The molecule has 3 aromatic rings. The van der Waals surface area contributed by atoms with E-state index in [1.165, 1.54) is 24.5 Å². The maximum atomic E-state index is 11.3. The zero-order valence-electron chi connectivity index (χ0n) is 12.8. The number of pyridine rings is 1. The van der Waals surface area contributed by atoms with Crippen LogP contribution in [0.4, 0.5) is 11.5 Å². The van der Waals surface area contributed by atoms with Gasteiger partial charge in [-0.05, 0) is 18.2 Å². The molecule has 2 heterocycles. The number of nitrogens with two attached hydrogens (primary N) is 1. The number of thiazole rings is 1. The molecule has 24 heavy (non-hydrogen) atoms. The Balaban J connectivity index is 1.99.